The van der Waals surface area contributed by atoms with Gasteiger partial charge in [-0.3, -0.25) is 29.3 Å². The Kier molecular flexibility index (Phi) is 11.9. The molecule has 17 heteroatoms. The number of ether oxygens (including phenoxy) is 2. The standard InChI is InChI=1S/C48H51ClF2N8O6/c1-27-39-36(25-33(50)42(49)41(39)40-31(45(52)62)12-13-35(64-3)43(40)51)65-48(27,29-8-5-4-6-9-29)26-53-30-16-21-58(22-17-30)38(61)24-28-14-19-57(20-15-28)34-11-7-10-32-44(34)56(2)55-46(32)59-23-18-37(60)54-47(59)63/h4-13,25,27-28,30,53H,14-24,26H2,1-3H3,(H2,52,62)(H,54,60,63). The van der Waals surface area contributed by atoms with Crippen LogP contribution in [0.25, 0.3) is 22.0 Å². The Hall–Kier alpha value is -6.26. The number of rotatable bonds is 11. The van der Waals surface area contributed by atoms with E-state index in [1.807, 2.05) is 61.3 Å². The minimum absolute atomic E-state index is 0.0144. The molecular weight excluding hydrogens is 858 g/mol. The molecule has 4 N–H and O–H groups in total. The number of amides is 5. The van der Waals surface area contributed by atoms with E-state index in [0.29, 0.717) is 50.3 Å². The number of imide groups is 1. The van der Waals surface area contributed by atoms with Crippen LogP contribution in [-0.2, 0) is 22.2 Å². The summed E-state index contributed by atoms with van der Waals surface area (Å²) in [5.41, 5.74) is 7.38. The van der Waals surface area contributed by atoms with Gasteiger partial charge in [0.25, 0.3) is 0 Å². The van der Waals surface area contributed by atoms with Gasteiger partial charge >= 0.3 is 6.03 Å². The van der Waals surface area contributed by atoms with E-state index in [4.69, 9.17) is 26.8 Å². The number of piperidine rings is 2. The molecule has 5 amide bonds. The number of para-hydroxylation sites is 1. The fraction of sp³-hybridized carbons (Fsp3) is 0.396. The highest BCUT2D eigenvalue weighted by atomic mass is 35.5. The number of hydrogen-bond donors (Lipinski definition) is 3. The molecule has 5 heterocycles. The van der Waals surface area contributed by atoms with Crippen LogP contribution < -0.4 is 35.6 Å². The number of anilines is 2. The lowest BCUT2D eigenvalue weighted by atomic mass is 9.77. The molecule has 3 fully saturated rings. The number of nitrogens with zero attached hydrogens (tertiary/aromatic N) is 5. The van der Waals surface area contributed by atoms with E-state index in [9.17, 15) is 19.2 Å². The molecule has 0 radical (unpaired) electrons. The van der Waals surface area contributed by atoms with Crippen molar-refractivity contribution >= 4 is 57.8 Å². The summed E-state index contributed by atoms with van der Waals surface area (Å²) in [7, 11) is 3.16. The topological polar surface area (TPSA) is 164 Å². The molecule has 2 unspecified atom stereocenters. The van der Waals surface area contributed by atoms with Gasteiger partial charge in [0.1, 0.15) is 11.6 Å². The molecule has 340 valence electrons. The highest BCUT2D eigenvalue weighted by Gasteiger charge is 2.50. The molecular formula is C48H51ClF2N8O6. The summed E-state index contributed by atoms with van der Waals surface area (Å²) in [5, 5.41) is 11.3. The van der Waals surface area contributed by atoms with Gasteiger partial charge in [0.15, 0.2) is 23.0 Å². The Morgan fingerprint density at radius 3 is 2.42 bits per heavy atom. The van der Waals surface area contributed by atoms with Crippen LogP contribution in [0.4, 0.5) is 25.1 Å². The largest absolute Gasteiger partial charge is 0.494 e. The molecule has 4 aromatic carbocycles. The molecule has 0 aliphatic carbocycles. The van der Waals surface area contributed by atoms with Crippen LogP contribution in [0.2, 0.25) is 5.02 Å². The number of benzene rings is 4. The molecule has 4 aliphatic rings. The minimum atomic E-state index is -1.09. The van der Waals surface area contributed by atoms with Gasteiger partial charge < -0.3 is 30.3 Å². The van der Waals surface area contributed by atoms with Gasteiger partial charge in [-0.1, -0.05) is 54.9 Å². The van der Waals surface area contributed by atoms with Crippen LogP contribution in [-0.4, -0.2) is 90.9 Å². The predicted octanol–water partition coefficient (Wildman–Crippen LogP) is 7.00. The number of carbonyl (C=O) groups excluding carboxylic acids is 4. The number of fused-ring (bicyclic) bond motifs is 2. The van der Waals surface area contributed by atoms with E-state index in [1.165, 1.54) is 30.2 Å². The number of aromatic nitrogens is 2. The quantitative estimate of drug-likeness (QED) is 0.127. The van der Waals surface area contributed by atoms with E-state index < -0.39 is 35.1 Å². The third-order valence-electron chi connectivity index (χ3n) is 13.8. The monoisotopic (exact) mass is 908 g/mol. The fourth-order valence-corrected chi connectivity index (χ4v) is 10.5. The first kappa shape index (κ1) is 44.0. The molecule has 5 aromatic rings. The second-order valence-electron chi connectivity index (χ2n) is 17.5. The third-order valence-corrected chi connectivity index (χ3v) is 14.2. The smallest absolute Gasteiger partial charge is 0.329 e. The third kappa shape index (κ3) is 7.90. The summed E-state index contributed by atoms with van der Waals surface area (Å²) in [4.78, 5) is 56.6. The molecule has 2 atom stereocenters. The van der Waals surface area contributed by atoms with Gasteiger partial charge in [-0.25, -0.2) is 13.6 Å². The van der Waals surface area contributed by atoms with Crippen LogP contribution in [0.15, 0.2) is 66.7 Å². The highest BCUT2D eigenvalue weighted by Crippen LogP contribution is 2.56. The van der Waals surface area contributed by atoms with E-state index in [0.717, 1.165) is 48.1 Å². The SMILES string of the molecule is COc1ccc(C(N)=O)c(-c2c(Cl)c(F)cc3c2C(C)C(CNC2CCN(C(=O)CC4CCN(c5cccc6c(N7CCC(=O)NC7=O)nn(C)c56)CC4)CC2)(c2ccccc2)O3)c1F. The van der Waals surface area contributed by atoms with Crippen molar-refractivity contribution in [1.82, 2.24) is 25.3 Å². The first-order chi connectivity index (χ1) is 31.3. The Morgan fingerprint density at radius 1 is 0.985 bits per heavy atom. The van der Waals surface area contributed by atoms with Gasteiger partial charge in [0.05, 0.1) is 28.9 Å². The van der Waals surface area contributed by atoms with Crippen molar-refractivity contribution in [3.8, 4) is 22.6 Å². The maximum absolute atomic E-state index is 16.2. The molecule has 0 saturated carbocycles. The maximum Gasteiger partial charge on any atom is 0.329 e. The maximum atomic E-state index is 16.2. The normalized spacial score (nSPS) is 20.5. The Morgan fingerprint density at radius 2 is 1.72 bits per heavy atom. The second-order valence-corrected chi connectivity index (χ2v) is 17.8. The molecule has 3 saturated heterocycles. The number of halogens is 3. The van der Waals surface area contributed by atoms with Gasteiger partial charge in [0, 0.05) is 99.3 Å². The van der Waals surface area contributed by atoms with Crippen molar-refractivity contribution < 1.29 is 37.4 Å². The summed E-state index contributed by atoms with van der Waals surface area (Å²) in [6.07, 6.45) is 3.83. The molecule has 0 spiro atoms. The van der Waals surface area contributed by atoms with E-state index in [-0.39, 0.29) is 70.0 Å². The Labute approximate surface area is 379 Å². The fourth-order valence-electron chi connectivity index (χ4n) is 10.3. The summed E-state index contributed by atoms with van der Waals surface area (Å²) in [5.74, 6) is -2.53. The van der Waals surface area contributed by atoms with Gasteiger partial charge in [-0.2, -0.15) is 5.10 Å². The minimum Gasteiger partial charge on any atom is -0.494 e. The van der Waals surface area contributed by atoms with Crippen molar-refractivity contribution in [2.45, 2.75) is 63.0 Å². The lowest BCUT2D eigenvalue weighted by Gasteiger charge is -2.38. The number of primary amides is 1. The molecule has 9 rings (SSSR count). The van der Waals surface area contributed by atoms with Crippen LogP contribution in [0.3, 0.4) is 0 Å². The lowest BCUT2D eigenvalue weighted by Crippen LogP contribution is -2.51. The first-order valence-corrected chi connectivity index (χ1v) is 22.4. The van der Waals surface area contributed by atoms with E-state index >= 15 is 8.78 Å². The molecule has 4 aliphatic heterocycles. The summed E-state index contributed by atoms with van der Waals surface area (Å²) < 4.78 is 45.8. The van der Waals surface area contributed by atoms with Crippen LogP contribution in [0.5, 0.6) is 11.5 Å². The average Bonchev–Trinajstić information content (AvgIpc) is 3.79. The lowest BCUT2D eigenvalue weighted by molar-refractivity contribution is -0.133. The zero-order valence-corrected chi connectivity index (χ0v) is 37.2. The van der Waals surface area contributed by atoms with Crippen molar-refractivity contribution in [3.63, 3.8) is 0 Å². The number of nitrogens with two attached hydrogens (primary N) is 1. The molecule has 14 nitrogen and oxygen atoms in total. The van der Waals surface area contributed by atoms with E-state index in [2.05, 4.69) is 26.7 Å². The molecule has 1 aromatic heterocycles. The van der Waals surface area contributed by atoms with Crippen LogP contribution >= 0.6 is 11.6 Å². The second kappa shape index (κ2) is 17.6. The number of carbonyl (C=O) groups is 4. The number of urea groups is 1. The summed E-state index contributed by atoms with van der Waals surface area (Å²) in [6, 6.07) is 18.9. The number of nitrogens with one attached hydrogen (secondary N) is 2. The molecule has 0 bridgehead atoms. The number of methoxy groups -OCH3 is 1. The average molecular weight is 909 g/mol. The predicted molar refractivity (Wildman–Crippen MR) is 242 cm³/mol. The van der Waals surface area contributed by atoms with Crippen LogP contribution in [0.1, 0.15) is 72.9 Å². The van der Waals surface area contributed by atoms with Crippen molar-refractivity contribution in [1.29, 1.82) is 0 Å². The summed E-state index contributed by atoms with van der Waals surface area (Å²) in [6.45, 7) is 5.22. The van der Waals surface area contributed by atoms with Crippen molar-refractivity contribution in [2.24, 2.45) is 18.7 Å². The van der Waals surface area contributed by atoms with Crippen LogP contribution in [0, 0.1) is 17.6 Å². The van der Waals surface area contributed by atoms with Crippen molar-refractivity contribution in [3.05, 3.63) is 100 Å². The first-order valence-electron chi connectivity index (χ1n) is 22.1. The summed E-state index contributed by atoms with van der Waals surface area (Å²) >= 11 is 6.68. The van der Waals surface area contributed by atoms with E-state index in [1.54, 1.807) is 4.68 Å². The van der Waals surface area contributed by atoms with Crippen molar-refractivity contribution in [2.75, 3.05) is 56.2 Å². The number of aryl methyl sites for hydroxylation is 1. The van der Waals surface area contributed by atoms with Gasteiger partial charge in [0.2, 0.25) is 17.7 Å². The Bertz CT molecular complexity index is 2700. The highest BCUT2D eigenvalue weighted by molar-refractivity contribution is 6.34. The zero-order chi connectivity index (χ0) is 45.7. The van der Waals surface area contributed by atoms with Gasteiger partial charge in [-0.15, -0.1) is 0 Å². The number of likely N-dealkylation sites (tertiary alicyclic amines) is 1. The van der Waals surface area contributed by atoms with Gasteiger partial charge in [-0.05, 0) is 61.4 Å². The number of hydrogen-bond acceptors (Lipinski definition) is 9. The molecule has 65 heavy (non-hydrogen) atoms. The zero-order valence-electron chi connectivity index (χ0n) is 36.5. The Balaban J connectivity index is 0.851.